The van der Waals surface area contributed by atoms with Gasteiger partial charge >= 0.3 is 0 Å². The Labute approximate surface area is 109 Å². The second-order valence-corrected chi connectivity index (χ2v) is 4.39. The second kappa shape index (κ2) is 5.89. The molecule has 0 radical (unpaired) electrons. The zero-order valence-electron chi connectivity index (χ0n) is 10.8. The SMILES string of the molecule is Cc1cc(C)cc(/C=C\C#Cc2ccccc2)c1. The summed E-state index contributed by atoms with van der Waals surface area (Å²) >= 11 is 0. The Balaban J connectivity index is 2.10. The Kier molecular flexibility index (Phi) is 3.99. The van der Waals surface area contributed by atoms with Gasteiger partial charge in [0.05, 0.1) is 0 Å². The third kappa shape index (κ3) is 3.64. The van der Waals surface area contributed by atoms with Crippen molar-refractivity contribution in [3.05, 3.63) is 76.9 Å². The van der Waals surface area contributed by atoms with Gasteiger partial charge in [-0.1, -0.05) is 59.4 Å². The van der Waals surface area contributed by atoms with Gasteiger partial charge in [0.2, 0.25) is 0 Å². The van der Waals surface area contributed by atoms with Gasteiger partial charge in [0.25, 0.3) is 0 Å². The highest BCUT2D eigenvalue weighted by atomic mass is 14.0. The zero-order valence-corrected chi connectivity index (χ0v) is 10.8. The van der Waals surface area contributed by atoms with Crippen molar-refractivity contribution >= 4 is 6.08 Å². The van der Waals surface area contributed by atoms with Crippen molar-refractivity contribution < 1.29 is 0 Å². The minimum absolute atomic E-state index is 1.04. The Morgan fingerprint density at radius 1 is 0.889 bits per heavy atom. The minimum Gasteiger partial charge on any atom is -0.0696 e. The van der Waals surface area contributed by atoms with Crippen LogP contribution < -0.4 is 0 Å². The lowest BCUT2D eigenvalue weighted by Gasteiger charge is -1.98. The number of hydrogen-bond acceptors (Lipinski definition) is 0. The predicted octanol–water partition coefficient (Wildman–Crippen LogP) is 4.37. The molecule has 0 aliphatic heterocycles. The van der Waals surface area contributed by atoms with Crippen LogP contribution in [0.25, 0.3) is 6.08 Å². The molecule has 0 nitrogen and oxygen atoms in total. The van der Waals surface area contributed by atoms with E-state index in [-0.39, 0.29) is 0 Å². The molecule has 2 rings (SSSR count). The van der Waals surface area contributed by atoms with Gasteiger partial charge in [-0.15, -0.1) is 0 Å². The van der Waals surface area contributed by atoms with Gasteiger partial charge in [-0.2, -0.15) is 0 Å². The van der Waals surface area contributed by atoms with Crippen LogP contribution in [-0.2, 0) is 0 Å². The van der Waals surface area contributed by atoms with E-state index < -0.39 is 0 Å². The van der Waals surface area contributed by atoms with Gasteiger partial charge in [0.1, 0.15) is 0 Å². The van der Waals surface area contributed by atoms with Gasteiger partial charge < -0.3 is 0 Å². The molecule has 0 N–H and O–H groups in total. The quantitative estimate of drug-likeness (QED) is 0.640. The molecule has 0 aromatic heterocycles. The van der Waals surface area contributed by atoms with E-state index in [0.29, 0.717) is 0 Å². The van der Waals surface area contributed by atoms with Crippen molar-refractivity contribution in [3.63, 3.8) is 0 Å². The van der Waals surface area contributed by atoms with Gasteiger partial charge in [-0.05, 0) is 43.7 Å². The van der Waals surface area contributed by atoms with Gasteiger partial charge in [0, 0.05) is 5.56 Å². The molecular formula is C18H16. The fourth-order valence-electron chi connectivity index (χ4n) is 1.89. The summed E-state index contributed by atoms with van der Waals surface area (Å²) < 4.78 is 0. The Hall–Kier alpha value is -2.26. The molecule has 2 aromatic rings. The maximum absolute atomic E-state index is 3.11. The fourth-order valence-corrected chi connectivity index (χ4v) is 1.89. The van der Waals surface area contributed by atoms with Crippen molar-refractivity contribution in [2.75, 3.05) is 0 Å². The second-order valence-electron chi connectivity index (χ2n) is 4.39. The molecule has 0 saturated heterocycles. The van der Waals surface area contributed by atoms with Crippen molar-refractivity contribution in [2.24, 2.45) is 0 Å². The average molecular weight is 232 g/mol. The van der Waals surface area contributed by atoms with E-state index in [2.05, 4.69) is 50.0 Å². The van der Waals surface area contributed by atoms with Crippen molar-refractivity contribution in [1.29, 1.82) is 0 Å². The molecule has 0 saturated carbocycles. The van der Waals surface area contributed by atoms with Crippen molar-refractivity contribution in [1.82, 2.24) is 0 Å². The number of aryl methyl sites for hydroxylation is 2. The molecule has 0 bridgehead atoms. The Morgan fingerprint density at radius 2 is 1.56 bits per heavy atom. The van der Waals surface area contributed by atoms with Gasteiger partial charge in [-0.25, -0.2) is 0 Å². The Bertz CT molecular complexity index is 587. The first-order chi connectivity index (χ1) is 8.74. The molecule has 0 heteroatoms. The molecular weight excluding hydrogens is 216 g/mol. The smallest absolute Gasteiger partial charge is 0.0248 e. The summed E-state index contributed by atoms with van der Waals surface area (Å²) in [4.78, 5) is 0. The Morgan fingerprint density at radius 3 is 2.22 bits per heavy atom. The summed E-state index contributed by atoms with van der Waals surface area (Å²) in [7, 11) is 0. The first-order valence-corrected chi connectivity index (χ1v) is 6.05. The first-order valence-electron chi connectivity index (χ1n) is 6.05. The topological polar surface area (TPSA) is 0 Å². The normalized spacial score (nSPS) is 10.1. The molecule has 2 aromatic carbocycles. The number of hydrogen-bond donors (Lipinski definition) is 0. The molecule has 0 heterocycles. The summed E-state index contributed by atoms with van der Waals surface area (Å²) in [6, 6.07) is 16.5. The summed E-state index contributed by atoms with van der Waals surface area (Å²) in [5, 5.41) is 0. The van der Waals surface area contributed by atoms with E-state index in [4.69, 9.17) is 0 Å². The zero-order chi connectivity index (χ0) is 12.8. The molecule has 0 aliphatic rings. The summed E-state index contributed by atoms with van der Waals surface area (Å²) in [6.07, 6.45) is 3.96. The highest BCUT2D eigenvalue weighted by Gasteiger charge is 1.90. The molecule has 0 aliphatic carbocycles. The van der Waals surface area contributed by atoms with Crippen LogP contribution in [0.15, 0.2) is 54.6 Å². The van der Waals surface area contributed by atoms with Crippen LogP contribution in [0.2, 0.25) is 0 Å². The lowest BCUT2D eigenvalue weighted by Crippen LogP contribution is -1.79. The predicted molar refractivity (Wildman–Crippen MR) is 78.3 cm³/mol. The lowest BCUT2D eigenvalue weighted by molar-refractivity contribution is 1.37. The van der Waals surface area contributed by atoms with Crippen LogP contribution in [-0.4, -0.2) is 0 Å². The van der Waals surface area contributed by atoms with E-state index >= 15 is 0 Å². The first kappa shape index (κ1) is 12.2. The van der Waals surface area contributed by atoms with E-state index in [1.807, 2.05) is 36.4 Å². The lowest BCUT2D eigenvalue weighted by atomic mass is 10.1. The van der Waals surface area contributed by atoms with E-state index in [1.54, 1.807) is 0 Å². The average Bonchev–Trinajstić information content (AvgIpc) is 2.35. The van der Waals surface area contributed by atoms with Gasteiger partial charge in [-0.3, -0.25) is 0 Å². The highest BCUT2D eigenvalue weighted by molar-refractivity contribution is 5.55. The third-order valence-electron chi connectivity index (χ3n) is 2.59. The molecule has 0 fully saturated rings. The molecule has 0 unspecified atom stereocenters. The third-order valence-corrected chi connectivity index (χ3v) is 2.59. The standard InChI is InChI=1S/C18H16/c1-15-12-16(2)14-18(13-15)11-7-6-10-17-8-4-3-5-9-17/h3-5,7-9,11-14H,1-2H3/b11-7-. The largest absolute Gasteiger partial charge is 0.0696 e. The number of allylic oxidation sites excluding steroid dienone is 1. The minimum atomic E-state index is 1.04. The van der Waals surface area contributed by atoms with Crippen LogP contribution in [0, 0.1) is 25.7 Å². The van der Waals surface area contributed by atoms with Crippen LogP contribution in [0.3, 0.4) is 0 Å². The van der Waals surface area contributed by atoms with E-state index in [0.717, 1.165) is 5.56 Å². The molecule has 0 amide bonds. The molecule has 0 atom stereocenters. The fraction of sp³-hybridized carbons (Fsp3) is 0.111. The van der Waals surface area contributed by atoms with Crippen molar-refractivity contribution in [2.45, 2.75) is 13.8 Å². The molecule has 0 spiro atoms. The van der Waals surface area contributed by atoms with Crippen LogP contribution in [0.5, 0.6) is 0 Å². The van der Waals surface area contributed by atoms with Crippen LogP contribution >= 0.6 is 0 Å². The maximum Gasteiger partial charge on any atom is 0.0248 e. The van der Waals surface area contributed by atoms with E-state index in [9.17, 15) is 0 Å². The summed E-state index contributed by atoms with van der Waals surface area (Å²) in [6.45, 7) is 4.22. The monoisotopic (exact) mass is 232 g/mol. The van der Waals surface area contributed by atoms with Crippen LogP contribution in [0.1, 0.15) is 22.3 Å². The number of benzene rings is 2. The molecule has 18 heavy (non-hydrogen) atoms. The van der Waals surface area contributed by atoms with Gasteiger partial charge in [0.15, 0.2) is 0 Å². The number of rotatable bonds is 1. The summed E-state index contributed by atoms with van der Waals surface area (Å²) in [5.74, 6) is 6.17. The maximum atomic E-state index is 3.11. The molecule has 88 valence electrons. The highest BCUT2D eigenvalue weighted by Crippen LogP contribution is 2.10. The van der Waals surface area contributed by atoms with Crippen molar-refractivity contribution in [3.8, 4) is 11.8 Å². The van der Waals surface area contributed by atoms with E-state index in [1.165, 1.54) is 16.7 Å². The van der Waals surface area contributed by atoms with Crippen LogP contribution in [0.4, 0.5) is 0 Å². The summed E-state index contributed by atoms with van der Waals surface area (Å²) in [5.41, 5.74) is 4.81.